The third-order valence-corrected chi connectivity index (χ3v) is 3.58. The summed E-state index contributed by atoms with van der Waals surface area (Å²) >= 11 is 0. The molecule has 110 valence electrons. The molecule has 1 unspecified atom stereocenters. The number of hydrogen-bond donors (Lipinski definition) is 1. The van der Waals surface area contributed by atoms with Crippen molar-refractivity contribution < 1.29 is 4.42 Å². The molecule has 3 nitrogen and oxygen atoms in total. The molecular formula is C16H30N2O. The van der Waals surface area contributed by atoms with Crippen molar-refractivity contribution in [2.24, 2.45) is 5.41 Å². The van der Waals surface area contributed by atoms with Crippen LogP contribution < -0.4 is 5.32 Å². The Kier molecular flexibility index (Phi) is 5.63. The van der Waals surface area contributed by atoms with Crippen LogP contribution in [0.1, 0.15) is 46.6 Å². The van der Waals surface area contributed by atoms with Crippen LogP contribution in [0.15, 0.2) is 23.0 Å². The van der Waals surface area contributed by atoms with Gasteiger partial charge in [-0.3, -0.25) is 0 Å². The summed E-state index contributed by atoms with van der Waals surface area (Å²) < 4.78 is 5.13. The quantitative estimate of drug-likeness (QED) is 0.818. The monoisotopic (exact) mass is 266 g/mol. The first-order valence-corrected chi connectivity index (χ1v) is 7.19. The molecule has 0 amide bonds. The van der Waals surface area contributed by atoms with Crippen LogP contribution in [-0.2, 0) is 6.54 Å². The summed E-state index contributed by atoms with van der Waals surface area (Å²) in [5.41, 5.74) is 1.72. The minimum absolute atomic E-state index is 0.180. The molecule has 0 bridgehead atoms. The van der Waals surface area contributed by atoms with Crippen LogP contribution in [0.25, 0.3) is 0 Å². The lowest BCUT2D eigenvalue weighted by atomic mass is 9.86. The molecule has 1 atom stereocenters. The van der Waals surface area contributed by atoms with E-state index in [0.29, 0.717) is 5.41 Å². The second-order valence-electron chi connectivity index (χ2n) is 7.07. The second-order valence-corrected chi connectivity index (χ2v) is 7.07. The Morgan fingerprint density at radius 3 is 2.42 bits per heavy atom. The van der Waals surface area contributed by atoms with Crippen molar-refractivity contribution >= 4 is 0 Å². The first-order valence-electron chi connectivity index (χ1n) is 7.19. The molecule has 0 spiro atoms. The standard InChI is InChI=1S/C16H30N2O/c1-7-16(5,12-17-15(2,3)4)13-18(6)10-14-8-9-19-11-14/h8-9,11,17H,7,10,12-13H2,1-6H3. The van der Waals surface area contributed by atoms with Crippen LogP contribution in [0.4, 0.5) is 0 Å². The highest BCUT2D eigenvalue weighted by Gasteiger charge is 2.25. The van der Waals surface area contributed by atoms with Gasteiger partial charge in [0.05, 0.1) is 12.5 Å². The van der Waals surface area contributed by atoms with E-state index in [9.17, 15) is 0 Å². The van der Waals surface area contributed by atoms with Crippen molar-refractivity contribution in [3.63, 3.8) is 0 Å². The van der Waals surface area contributed by atoms with E-state index in [-0.39, 0.29) is 5.54 Å². The smallest absolute Gasteiger partial charge is 0.0947 e. The topological polar surface area (TPSA) is 28.4 Å². The van der Waals surface area contributed by atoms with Gasteiger partial charge in [0.1, 0.15) is 0 Å². The lowest BCUT2D eigenvalue weighted by molar-refractivity contribution is 0.163. The molecule has 0 aliphatic rings. The number of rotatable bonds is 7. The molecule has 1 N–H and O–H groups in total. The predicted octanol–water partition coefficient (Wildman–Crippen LogP) is 3.52. The van der Waals surface area contributed by atoms with E-state index >= 15 is 0 Å². The van der Waals surface area contributed by atoms with Gasteiger partial charge in [-0.05, 0) is 45.7 Å². The van der Waals surface area contributed by atoms with Gasteiger partial charge < -0.3 is 14.6 Å². The highest BCUT2D eigenvalue weighted by atomic mass is 16.3. The van der Waals surface area contributed by atoms with Gasteiger partial charge in [-0.2, -0.15) is 0 Å². The van der Waals surface area contributed by atoms with Crippen molar-refractivity contribution in [2.45, 2.75) is 53.1 Å². The van der Waals surface area contributed by atoms with Crippen LogP contribution >= 0.6 is 0 Å². The molecular weight excluding hydrogens is 236 g/mol. The van der Waals surface area contributed by atoms with Crippen molar-refractivity contribution in [1.82, 2.24) is 10.2 Å². The summed E-state index contributed by atoms with van der Waals surface area (Å²) in [6, 6.07) is 2.03. The van der Waals surface area contributed by atoms with Gasteiger partial charge in [-0.1, -0.05) is 13.8 Å². The molecule has 0 radical (unpaired) electrons. The molecule has 1 aromatic heterocycles. The van der Waals surface area contributed by atoms with Gasteiger partial charge in [0.15, 0.2) is 0 Å². The molecule has 0 saturated heterocycles. The van der Waals surface area contributed by atoms with E-state index in [1.807, 2.05) is 12.3 Å². The summed E-state index contributed by atoms with van der Waals surface area (Å²) in [4.78, 5) is 2.37. The lowest BCUT2D eigenvalue weighted by Gasteiger charge is -2.36. The van der Waals surface area contributed by atoms with Crippen LogP contribution in [0.2, 0.25) is 0 Å². The molecule has 19 heavy (non-hydrogen) atoms. The molecule has 0 saturated carbocycles. The summed E-state index contributed by atoms with van der Waals surface area (Å²) in [6.45, 7) is 14.4. The highest BCUT2D eigenvalue weighted by molar-refractivity contribution is 5.04. The number of nitrogens with one attached hydrogen (secondary N) is 1. The molecule has 3 heteroatoms. The Morgan fingerprint density at radius 1 is 1.26 bits per heavy atom. The van der Waals surface area contributed by atoms with Gasteiger partial charge in [0.2, 0.25) is 0 Å². The Balaban J connectivity index is 2.49. The SMILES string of the molecule is CCC(C)(CNC(C)(C)C)CN(C)Cc1ccoc1. The third-order valence-electron chi connectivity index (χ3n) is 3.58. The summed E-state index contributed by atoms with van der Waals surface area (Å²) in [6.07, 6.45) is 4.74. The van der Waals surface area contributed by atoms with Crippen molar-refractivity contribution in [3.05, 3.63) is 24.2 Å². The lowest BCUT2D eigenvalue weighted by Crippen LogP contribution is -2.46. The fourth-order valence-electron chi connectivity index (χ4n) is 2.17. The van der Waals surface area contributed by atoms with Crippen LogP contribution in [0.3, 0.4) is 0 Å². The van der Waals surface area contributed by atoms with Crippen molar-refractivity contribution in [3.8, 4) is 0 Å². The maximum atomic E-state index is 5.13. The molecule has 1 rings (SSSR count). The van der Waals surface area contributed by atoms with E-state index in [1.54, 1.807) is 6.26 Å². The van der Waals surface area contributed by atoms with Gasteiger partial charge in [-0.15, -0.1) is 0 Å². The largest absolute Gasteiger partial charge is 0.472 e. The minimum atomic E-state index is 0.180. The Morgan fingerprint density at radius 2 is 1.95 bits per heavy atom. The predicted molar refractivity (Wildman–Crippen MR) is 81.2 cm³/mol. The zero-order chi connectivity index (χ0) is 14.5. The van der Waals surface area contributed by atoms with Crippen molar-refractivity contribution in [1.29, 1.82) is 0 Å². The van der Waals surface area contributed by atoms with Crippen LogP contribution in [0.5, 0.6) is 0 Å². The van der Waals surface area contributed by atoms with Gasteiger partial charge in [0.25, 0.3) is 0 Å². The second kappa shape index (κ2) is 6.58. The number of nitrogens with zero attached hydrogens (tertiary/aromatic N) is 1. The summed E-state index contributed by atoms with van der Waals surface area (Å²) in [5, 5.41) is 3.63. The molecule has 0 fully saturated rings. The fraction of sp³-hybridized carbons (Fsp3) is 0.750. The van der Waals surface area contributed by atoms with E-state index in [2.05, 4.69) is 51.9 Å². The third kappa shape index (κ3) is 6.26. The van der Waals surface area contributed by atoms with Crippen LogP contribution in [0, 0.1) is 5.41 Å². The van der Waals surface area contributed by atoms with Gasteiger partial charge in [0, 0.05) is 30.7 Å². The number of hydrogen-bond acceptors (Lipinski definition) is 3. The summed E-state index contributed by atoms with van der Waals surface area (Å²) in [5.74, 6) is 0. The zero-order valence-electron chi connectivity index (χ0n) is 13.4. The molecule has 0 aliphatic heterocycles. The normalized spacial score (nSPS) is 15.7. The molecule has 1 aromatic rings. The first kappa shape index (κ1) is 16.3. The molecule has 1 heterocycles. The summed E-state index contributed by atoms with van der Waals surface area (Å²) in [7, 11) is 2.18. The van der Waals surface area contributed by atoms with Gasteiger partial charge >= 0.3 is 0 Å². The highest BCUT2D eigenvalue weighted by Crippen LogP contribution is 2.23. The molecule has 0 aromatic carbocycles. The maximum Gasteiger partial charge on any atom is 0.0947 e. The van der Waals surface area contributed by atoms with E-state index in [4.69, 9.17) is 4.42 Å². The van der Waals surface area contributed by atoms with Gasteiger partial charge in [-0.25, -0.2) is 0 Å². The zero-order valence-corrected chi connectivity index (χ0v) is 13.4. The van der Waals surface area contributed by atoms with E-state index in [0.717, 1.165) is 19.6 Å². The van der Waals surface area contributed by atoms with E-state index in [1.165, 1.54) is 12.0 Å². The average molecular weight is 266 g/mol. The Bertz CT molecular complexity index is 353. The van der Waals surface area contributed by atoms with Crippen LogP contribution in [-0.4, -0.2) is 30.6 Å². The van der Waals surface area contributed by atoms with Crippen molar-refractivity contribution in [2.75, 3.05) is 20.1 Å². The Labute approximate surface area is 118 Å². The minimum Gasteiger partial charge on any atom is -0.472 e. The molecule has 0 aliphatic carbocycles. The number of furan rings is 1. The Hall–Kier alpha value is -0.800. The average Bonchev–Trinajstić information content (AvgIpc) is 2.78. The fourth-order valence-corrected chi connectivity index (χ4v) is 2.17. The maximum absolute atomic E-state index is 5.13. The van der Waals surface area contributed by atoms with E-state index < -0.39 is 0 Å². The first-order chi connectivity index (χ1) is 8.74.